The molecule has 0 unspecified atom stereocenters. The summed E-state index contributed by atoms with van der Waals surface area (Å²) in [5.74, 6) is 0. The lowest BCUT2D eigenvalue weighted by atomic mass is 10.1. The van der Waals surface area contributed by atoms with E-state index >= 15 is 0 Å². The second kappa shape index (κ2) is 16.9. The van der Waals surface area contributed by atoms with Crippen molar-refractivity contribution >= 4 is 0 Å². The van der Waals surface area contributed by atoms with Gasteiger partial charge in [-0.1, -0.05) is 77.6 Å². The molecule has 0 aromatic carbocycles. The molecule has 2 N–H and O–H groups in total. The lowest BCUT2D eigenvalue weighted by Gasteiger charge is -2.03. The van der Waals surface area contributed by atoms with Gasteiger partial charge in [0.1, 0.15) is 0 Å². The van der Waals surface area contributed by atoms with E-state index in [4.69, 9.17) is 5.11 Å². The quantitative estimate of drug-likeness (QED) is 0.429. The Labute approximate surface area is 115 Å². The van der Waals surface area contributed by atoms with Gasteiger partial charge in [0.15, 0.2) is 0 Å². The minimum Gasteiger partial charge on any atom is -0.395 e. The fourth-order valence-electron chi connectivity index (χ4n) is 2.30. The van der Waals surface area contributed by atoms with Crippen molar-refractivity contribution in [3.8, 4) is 0 Å². The molecule has 0 saturated heterocycles. The minimum atomic E-state index is 0.262. The fraction of sp³-hybridized carbons (Fsp3) is 1.00. The van der Waals surface area contributed by atoms with Crippen LogP contribution in [0.25, 0.3) is 0 Å². The Hall–Kier alpha value is -0.0800. The van der Waals surface area contributed by atoms with Crippen LogP contribution < -0.4 is 5.32 Å². The molecule has 2 heteroatoms. The van der Waals surface area contributed by atoms with Crippen LogP contribution in [0.3, 0.4) is 0 Å². The number of hydrogen-bond acceptors (Lipinski definition) is 2. The zero-order valence-electron chi connectivity index (χ0n) is 12.6. The van der Waals surface area contributed by atoms with E-state index in [1.54, 1.807) is 0 Å². The van der Waals surface area contributed by atoms with E-state index in [-0.39, 0.29) is 6.61 Å². The number of rotatable bonds is 15. The Bertz CT molecular complexity index is 123. The first-order chi connectivity index (χ1) is 8.91. The van der Waals surface area contributed by atoms with Crippen LogP contribution in [0, 0.1) is 0 Å². The lowest BCUT2D eigenvalue weighted by molar-refractivity contribution is 0.292. The maximum atomic E-state index is 8.59. The van der Waals surface area contributed by atoms with Crippen LogP contribution in [0.5, 0.6) is 0 Å². The molecule has 2 nitrogen and oxygen atoms in total. The number of aliphatic hydroxyl groups excluding tert-OH is 1. The summed E-state index contributed by atoms with van der Waals surface area (Å²) in [6.07, 6.45) is 16.8. The first-order valence-corrected chi connectivity index (χ1v) is 8.23. The minimum absolute atomic E-state index is 0.262. The first-order valence-electron chi connectivity index (χ1n) is 8.23. The van der Waals surface area contributed by atoms with Crippen molar-refractivity contribution in [3.63, 3.8) is 0 Å². The molecule has 0 spiro atoms. The predicted octanol–water partition coefficient (Wildman–Crippen LogP) is 4.27. The molecule has 0 atom stereocenters. The first kappa shape index (κ1) is 17.9. The van der Waals surface area contributed by atoms with Gasteiger partial charge >= 0.3 is 0 Å². The molecule has 0 saturated carbocycles. The molecular formula is C16H35NO. The van der Waals surface area contributed by atoms with Gasteiger partial charge < -0.3 is 10.4 Å². The van der Waals surface area contributed by atoms with Gasteiger partial charge in [-0.15, -0.1) is 0 Å². The smallest absolute Gasteiger partial charge is 0.0555 e. The summed E-state index contributed by atoms with van der Waals surface area (Å²) in [5.41, 5.74) is 0. The second-order valence-corrected chi connectivity index (χ2v) is 5.36. The average molecular weight is 257 g/mol. The highest BCUT2D eigenvalue weighted by Gasteiger charge is 1.93. The van der Waals surface area contributed by atoms with Crippen molar-refractivity contribution in [2.45, 2.75) is 84.0 Å². The maximum absolute atomic E-state index is 8.59. The van der Waals surface area contributed by atoms with E-state index < -0.39 is 0 Å². The van der Waals surface area contributed by atoms with Gasteiger partial charge in [-0.3, -0.25) is 0 Å². The van der Waals surface area contributed by atoms with Gasteiger partial charge in [0, 0.05) is 6.54 Å². The van der Waals surface area contributed by atoms with Crippen LogP contribution in [0.1, 0.15) is 84.0 Å². The van der Waals surface area contributed by atoms with E-state index in [9.17, 15) is 0 Å². The van der Waals surface area contributed by atoms with Crippen molar-refractivity contribution in [3.05, 3.63) is 0 Å². The summed E-state index contributed by atoms with van der Waals surface area (Å²) in [7, 11) is 0. The number of aliphatic hydroxyl groups is 1. The largest absolute Gasteiger partial charge is 0.395 e. The van der Waals surface area contributed by atoms with Crippen LogP contribution >= 0.6 is 0 Å². The van der Waals surface area contributed by atoms with Gasteiger partial charge in [-0.2, -0.15) is 0 Å². The topological polar surface area (TPSA) is 32.3 Å². The SMILES string of the molecule is CCCCCCCCCCCCCCNCCO. The van der Waals surface area contributed by atoms with Crippen molar-refractivity contribution in [2.75, 3.05) is 19.7 Å². The molecule has 0 aliphatic heterocycles. The molecule has 0 aromatic heterocycles. The molecule has 18 heavy (non-hydrogen) atoms. The van der Waals surface area contributed by atoms with Crippen LogP contribution in [-0.2, 0) is 0 Å². The lowest BCUT2D eigenvalue weighted by Crippen LogP contribution is -2.19. The standard InChI is InChI=1S/C16H35NO/c1-2-3-4-5-6-7-8-9-10-11-12-13-14-17-15-16-18/h17-18H,2-16H2,1H3. The molecule has 110 valence electrons. The monoisotopic (exact) mass is 257 g/mol. The molecule has 0 aliphatic rings. The number of nitrogens with one attached hydrogen (secondary N) is 1. The van der Waals surface area contributed by atoms with E-state index in [2.05, 4.69) is 12.2 Å². The van der Waals surface area contributed by atoms with Gasteiger partial charge in [0.2, 0.25) is 0 Å². The third-order valence-electron chi connectivity index (χ3n) is 3.50. The maximum Gasteiger partial charge on any atom is 0.0555 e. The molecule has 0 fully saturated rings. The predicted molar refractivity (Wildman–Crippen MR) is 81.0 cm³/mol. The summed E-state index contributed by atoms with van der Waals surface area (Å²) in [6, 6.07) is 0. The molecule has 0 aromatic rings. The summed E-state index contributed by atoms with van der Waals surface area (Å²) in [6.45, 7) is 4.35. The van der Waals surface area contributed by atoms with Gasteiger partial charge in [0.05, 0.1) is 6.61 Å². The van der Waals surface area contributed by atoms with E-state index in [0.717, 1.165) is 13.1 Å². The Kier molecular flexibility index (Phi) is 16.8. The van der Waals surface area contributed by atoms with Gasteiger partial charge in [-0.05, 0) is 13.0 Å². The van der Waals surface area contributed by atoms with E-state index in [1.807, 2.05) is 0 Å². The highest BCUT2D eigenvalue weighted by Crippen LogP contribution is 2.11. The third-order valence-corrected chi connectivity index (χ3v) is 3.50. The van der Waals surface area contributed by atoms with Crippen molar-refractivity contribution in [1.82, 2.24) is 5.32 Å². The summed E-state index contributed by atoms with van der Waals surface area (Å²) < 4.78 is 0. The average Bonchev–Trinajstić information content (AvgIpc) is 2.39. The third kappa shape index (κ3) is 15.9. The molecule has 0 radical (unpaired) electrons. The zero-order valence-corrected chi connectivity index (χ0v) is 12.6. The molecule has 0 heterocycles. The summed E-state index contributed by atoms with van der Waals surface area (Å²) in [5, 5.41) is 11.8. The van der Waals surface area contributed by atoms with Gasteiger partial charge in [-0.25, -0.2) is 0 Å². The Balaban J connectivity index is 2.86. The van der Waals surface area contributed by atoms with Crippen LogP contribution in [0.4, 0.5) is 0 Å². The summed E-state index contributed by atoms with van der Waals surface area (Å²) in [4.78, 5) is 0. The van der Waals surface area contributed by atoms with Crippen LogP contribution in [0.15, 0.2) is 0 Å². The van der Waals surface area contributed by atoms with Crippen molar-refractivity contribution in [1.29, 1.82) is 0 Å². The molecular weight excluding hydrogens is 222 g/mol. The highest BCUT2D eigenvalue weighted by atomic mass is 16.3. The Morgan fingerprint density at radius 3 is 1.50 bits per heavy atom. The number of unbranched alkanes of at least 4 members (excludes halogenated alkanes) is 11. The molecule has 0 aliphatic carbocycles. The van der Waals surface area contributed by atoms with Crippen LogP contribution in [-0.4, -0.2) is 24.8 Å². The fourth-order valence-corrected chi connectivity index (χ4v) is 2.30. The highest BCUT2D eigenvalue weighted by molar-refractivity contribution is 4.50. The second-order valence-electron chi connectivity index (χ2n) is 5.36. The Morgan fingerprint density at radius 2 is 1.06 bits per heavy atom. The van der Waals surface area contributed by atoms with Crippen molar-refractivity contribution < 1.29 is 5.11 Å². The zero-order chi connectivity index (χ0) is 13.3. The van der Waals surface area contributed by atoms with Crippen molar-refractivity contribution in [2.24, 2.45) is 0 Å². The number of hydrogen-bond donors (Lipinski definition) is 2. The van der Waals surface area contributed by atoms with Crippen LogP contribution in [0.2, 0.25) is 0 Å². The summed E-state index contributed by atoms with van der Waals surface area (Å²) >= 11 is 0. The van der Waals surface area contributed by atoms with E-state index in [1.165, 1.54) is 77.0 Å². The molecule has 0 bridgehead atoms. The molecule has 0 amide bonds. The normalized spacial score (nSPS) is 11.0. The Morgan fingerprint density at radius 1 is 0.611 bits per heavy atom. The van der Waals surface area contributed by atoms with Gasteiger partial charge in [0.25, 0.3) is 0 Å². The van der Waals surface area contributed by atoms with E-state index in [0.29, 0.717) is 0 Å². The molecule has 0 rings (SSSR count).